The Morgan fingerprint density at radius 2 is 2.17 bits per heavy atom. The van der Waals surface area contributed by atoms with Crippen LogP contribution in [0.25, 0.3) is 0 Å². The number of nitrogens with one attached hydrogen (secondary N) is 1. The highest BCUT2D eigenvalue weighted by Crippen LogP contribution is 2.27. The summed E-state index contributed by atoms with van der Waals surface area (Å²) in [6, 6.07) is 0.600. The SMILES string of the molecule is C=C(Cl)CN[C@@H](C)C1CCCC1. The van der Waals surface area contributed by atoms with Gasteiger partial charge >= 0.3 is 0 Å². The molecule has 1 aliphatic carbocycles. The Hall–Kier alpha value is -0.0100. The lowest BCUT2D eigenvalue weighted by Gasteiger charge is -2.19. The molecule has 12 heavy (non-hydrogen) atoms. The molecule has 0 unspecified atom stereocenters. The molecule has 1 saturated carbocycles. The summed E-state index contributed by atoms with van der Waals surface area (Å²) < 4.78 is 0. The Bertz CT molecular complexity index is 150. The van der Waals surface area contributed by atoms with Crippen molar-refractivity contribution < 1.29 is 0 Å². The highest BCUT2D eigenvalue weighted by atomic mass is 35.5. The summed E-state index contributed by atoms with van der Waals surface area (Å²) in [5.74, 6) is 0.862. The lowest BCUT2D eigenvalue weighted by Crippen LogP contribution is -2.32. The van der Waals surface area contributed by atoms with Gasteiger partial charge in [-0.1, -0.05) is 31.0 Å². The molecule has 0 saturated heterocycles. The molecule has 1 fully saturated rings. The Morgan fingerprint density at radius 3 is 2.67 bits per heavy atom. The van der Waals surface area contributed by atoms with Crippen LogP contribution in [0.2, 0.25) is 0 Å². The number of hydrogen-bond donors (Lipinski definition) is 1. The second-order valence-electron chi connectivity index (χ2n) is 3.73. The van der Waals surface area contributed by atoms with Gasteiger partial charge in [0.1, 0.15) is 0 Å². The van der Waals surface area contributed by atoms with Crippen LogP contribution in [0.15, 0.2) is 11.6 Å². The largest absolute Gasteiger partial charge is 0.309 e. The maximum absolute atomic E-state index is 5.67. The van der Waals surface area contributed by atoms with Gasteiger partial charge in [0, 0.05) is 17.6 Å². The van der Waals surface area contributed by atoms with Gasteiger partial charge in [0.25, 0.3) is 0 Å². The van der Waals surface area contributed by atoms with Gasteiger partial charge in [-0.05, 0) is 25.7 Å². The van der Waals surface area contributed by atoms with E-state index in [-0.39, 0.29) is 0 Å². The first-order valence-corrected chi connectivity index (χ1v) is 5.14. The molecule has 0 aromatic carbocycles. The molecule has 0 radical (unpaired) electrons. The maximum atomic E-state index is 5.67. The molecule has 0 bridgehead atoms. The predicted molar refractivity (Wildman–Crippen MR) is 54.4 cm³/mol. The molecule has 0 aromatic rings. The lowest BCUT2D eigenvalue weighted by molar-refractivity contribution is 0.394. The molecular formula is C10H18ClN. The molecule has 0 aromatic heterocycles. The molecule has 2 heteroatoms. The number of hydrogen-bond acceptors (Lipinski definition) is 1. The fraction of sp³-hybridized carbons (Fsp3) is 0.800. The first-order chi connectivity index (χ1) is 5.70. The monoisotopic (exact) mass is 187 g/mol. The highest BCUT2D eigenvalue weighted by Gasteiger charge is 2.20. The van der Waals surface area contributed by atoms with Crippen molar-refractivity contribution in [2.24, 2.45) is 5.92 Å². The average molecular weight is 188 g/mol. The van der Waals surface area contributed by atoms with Gasteiger partial charge in [-0.3, -0.25) is 0 Å². The Labute approximate surface area is 80.2 Å². The van der Waals surface area contributed by atoms with Gasteiger partial charge in [-0.25, -0.2) is 0 Å². The number of rotatable bonds is 4. The van der Waals surface area contributed by atoms with Crippen molar-refractivity contribution in [3.63, 3.8) is 0 Å². The molecule has 0 heterocycles. The third kappa shape index (κ3) is 3.16. The standard InChI is InChI=1S/C10H18ClN/c1-8(11)7-12-9(2)10-5-3-4-6-10/h9-10,12H,1,3-7H2,2H3/t9-/m0/s1. The van der Waals surface area contributed by atoms with Gasteiger partial charge in [-0.2, -0.15) is 0 Å². The minimum atomic E-state index is 0.600. The topological polar surface area (TPSA) is 12.0 Å². The summed E-state index contributed by atoms with van der Waals surface area (Å²) in [4.78, 5) is 0. The second kappa shape index (κ2) is 4.88. The number of halogens is 1. The zero-order valence-electron chi connectivity index (χ0n) is 7.78. The first kappa shape index (κ1) is 10.1. The molecule has 1 atom stereocenters. The van der Waals surface area contributed by atoms with Gasteiger partial charge in [0.2, 0.25) is 0 Å². The summed E-state index contributed by atoms with van der Waals surface area (Å²) >= 11 is 5.67. The quantitative estimate of drug-likeness (QED) is 0.714. The van der Waals surface area contributed by atoms with Crippen molar-refractivity contribution in [2.75, 3.05) is 6.54 Å². The van der Waals surface area contributed by atoms with E-state index in [0.717, 1.165) is 12.5 Å². The molecule has 70 valence electrons. The van der Waals surface area contributed by atoms with Gasteiger partial charge in [0.15, 0.2) is 0 Å². The van der Waals surface area contributed by atoms with Crippen molar-refractivity contribution >= 4 is 11.6 Å². The third-order valence-electron chi connectivity index (χ3n) is 2.72. The van der Waals surface area contributed by atoms with Crippen LogP contribution in [0.5, 0.6) is 0 Å². The minimum Gasteiger partial charge on any atom is -0.309 e. The van der Waals surface area contributed by atoms with Crippen molar-refractivity contribution in [1.29, 1.82) is 0 Å². The van der Waals surface area contributed by atoms with Gasteiger partial charge in [-0.15, -0.1) is 0 Å². The molecule has 0 amide bonds. The van der Waals surface area contributed by atoms with Crippen molar-refractivity contribution in [3.8, 4) is 0 Å². The molecule has 0 spiro atoms. The molecule has 1 aliphatic rings. The maximum Gasteiger partial charge on any atom is 0.0310 e. The zero-order valence-corrected chi connectivity index (χ0v) is 8.53. The minimum absolute atomic E-state index is 0.600. The van der Waals surface area contributed by atoms with Gasteiger partial charge in [0.05, 0.1) is 0 Å². The Balaban J connectivity index is 2.17. The van der Waals surface area contributed by atoms with E-state index in [2.05, 4.69) is 18.8 Å². The Morgan fingerprint density at radius 1 is 1.58 bits per heavy atom. The van der Waals surface area contributed by atoms with Crippen LogP contribution in [-0.4, -0.2) is 12.6 Å². The van der Waals surface area contributed by atoms with Crippen molar-refractivity contribution in [3.05, 3.63) is 11.6 Å². The van der Waals surface area contributed by atoms with E-state index in [4.69, 9.17) is 11.6 Å². The van der Waals surface area contributed by atoms with E-state index in [1.807, 2.05) is 0 Å². The molecule has 1 rings (SSSR count). The third-order valence-corrected chi connectivity index (χ3v) is 2.86. The fourth-order valence-corrected chi connectivity index (χ4v) is 1.97. The van der Waals surface area contributed by atoms with E-state index in [1.165, 1.54) is 25.7 Å². The van der Waals surface area contributed by atoms with Crippen LogP contribution in [0, 0.1) is 5.92 Å². The van der Waals surface area contributed by atoms with E-state index in [1.54, 1.807) is 0 Å². The molecular weight excluding hydrogens is 170 g/mol. The smallest absolute Gasteiger partial charge is 0.0310 e. The van der Waals surface area contributed by atoms with Crippen LogP contribution in [-0.2, 0) is 0 Å². The van der Waals surface area contributed by atoms with E-state index in [0.29, 0.717) is 11.1 Å². The normalized spacial score (nSPS) is 21.2. The molecule has 1 nitrogen and oxygen atoms in total. The summed E-state index contributed by atoms with van der Waals surface area (Å²) in [5.41, 5.74) is 0. The van der Waals surface area contributed by atoms with Crippen LogP contribution < -0.4 is 5.32 Å². The van der Waals surface area contributed by atoms with Gasteiger partial charge < -0.3 is 5.32 Å². The second-order valence-corrected chi connectivity index (χ2v) is 4.27. The van der Waals surface area contributed by atoms with Crippen LogP contribution in [0.4, 0.5) is 0 Å². The first-order valence-electron chi connectivity index (χ1n) is 4.77. The lowest BCUT2D eigenvalue weighted by atomic mass is 10.00. The summed E-state index contributed by atoms with van der Waals surface area (Å²) in [7, 11) is 0. The van der Waals surface area contributed by atoms with Crippen LogP contribution >= 0.6 is 11.6 Å². The molecule has 0 aliphatic heterocycles. The molecule has 1 N–H and O–H groups in total. The van der Waals surface area contributed by atoms with E-state index in [9.17, 15) is 0 Å². The van der Waals surface area contributed by atoms with Crippen molar-refractivity contribution in [2.45, 2.75) is 38.6 Å². The van der Waals surface area contributed by atoms with Crippen molar-refractivity contribution in [1.82, 2.24) is 5.32 Å². The predicted octanol–water partition coefficient (Wildman–Crippen LogP) is 2.91. The summed E-state index contributed by atoms with van der Waals surface area (Å²) in [5, 5.41) is 4.10. The summed E-state index contributed by atoms with van der Waals surface area (Å²) in [6.07, 6.45) is 5.56. The highest BCUT2D eigenvalue weighted by molar-refractivity contribution is 6.29. The van der Waals surface area contributed by atoms with Crippen LogP contribution in [0.1, 0.15) is 32.6 Å². The van der Waals surface area contributed by atoms with Crippen LogP contribution in [0.3, 0.4) is 0 Å². The summed E-state index contributed by atoms with van der Waals surface area (Å²) in [6.45, 7) is 6.65. The Kier molecular flexibility index (Phi) is 4.10. The average Bonchev–Trinajstić information content (AvgIpc) is 2.51. The zero-order chi connectivity index (χ0) is 8.97. The fourth-order valence-electron chi connectivity index (χ4n) is 1.90. The van der Waals surface area contributed by atoms with E-state index >= 15 is 0 Å². The van der Waals surface area contributed by atoms with E-state index < -0.39 is 0 Å².